The predicted molar refractivity (Wildman–Crippen MR) is 102 cm³/mol. The lowest BCUT2D eigenvalue weighted by atomic mass is 9.96. The van der Waals surface area contributed by atoms with Gasteiger partial charge in [0, 0.05) is 15.7 Å². The number of hydrogen-bond donors (Lipinski definition) is 1. The van der Waals surface area contributed by atoms with Crippen LogP contribution in [0.3, 0.4) is 0 Å². The molecule has 1 heterocycles. The maximum atomic E-state index is 12.5. The van der Waals surface area contributed by atoms with Gasteiger partial charge in [0.15, 0.2) is 5.58 Å². The second-order valence-corrected chi connectivity index (χ2v) is 6.40. The van der Waals surface area contributed by atoms with Crippen LogP contribution in [-0.2, 0) is 0 Å². The largest absolute Gasteiger partial charge is 0.421 e. The van der Waals surface area contributed by atoms with Crippen molar-refractivity contribution in [2.45, 2.75) is 4.90 Å². The molecule has 0 atom stereocenters. The molecule has 3 heteroatoms. The molecular weight excluding hydrogens is 316 g/mol. The van der Waals surface area contributed by atoms with Gasteiger partial charge in [-0.3, -0.25) is 0 Å². The summed E-state index contributed by atoms with van der Waals surface area (Å²) in [5.74, 6) is 0. The van der Waals surface area contributed by atoms with E-state index in [9.17, 15) is 4.79 Å². The predicted octanol–water partition coefficient (Wildman–Crippen LogP) is 5.54. The van der Waals surface area contributed by atoms with Crippen LogP contribution in [0, 0.1) is 0 Å². The van der Waals surface area contributed by atoms with Crippen LogP contribution in [0.25, 0.3) is 43.3 Å². The van der Waals surface area contributed by atoms with Crippen molar-refractivity contribution in [1.82, 2.24) is 0 Å². The van der Waals surface area contributed by atoms with Gasteiger partial charge in [0.05, 0.1) is 5.39 Å². The zero-order valence-corrected chi connectivity index (χ0v) is 13.5. The molecule has 0 saturated heterocycles. The molecule has 0 unspecified atom stereocenters. The summed E-state index contributed by atoms with van der Waals surface area (Å²) in [7, 11) is 0. The maximum Gasteiger partial charge on any atom is 0.344 e. The molecule has 0 aliphatic heterocycles. The lowest BCUT2D eigenvalue weighted by molar-refractivity contribution is 0.563. The van der Waals surface area contributed by atoms with Gasteiger partial charge < -0.3 is 4.42 Å². The molecule has 0 fully saturated rings. The number of benzene rings is 4. The van der Waals surface area contributed by atoms with Gasteiger partial charge in [0.2, 0.25) is 0 Å². The molecule has 0 bridgehead atoms. The molecule has 24 heavy (non-hydrogen) atoms. The van der Waals surface area contributed by atoms with Crippen molar-refractivity contribution in [2.75, 3.05) is 0 Å². The zero-order chi connectivity index (χ0) is 16.3. The lowest BCUT2D eigenvalue weighted by Crippen LogP contribution is -2.01. The van der Waals surface area contributed by atoms with Crippen molar-refractivity contribution < 1.29 is 4.42 Å². The van der Waals surface area contributed by atoms with E-state index in [-0.39, 0.29) is 5.63 Å². The highest BCUT2D eigenvalue weighted by Gasteiger charge is 2.15. The van der Waals surface area contributed by atoms with E-state index < -0.39 is 0 Å². The van der Waals surface area contributed by atoms with Crippen LogP contribution in [0.5, 0.6) is 0 Å². The first kappa shape index (κ1) is 13.6. The average molecular weight is 328 g/mol. The van der Waals surface area contributed by atoms with Gasteiger partial charge in [-0.1, -0.05) is 54.6 Å². The van der Waals surface area contributed by atoms with Gasteiger partial charge in [0.1, 0.15) is 0 Å². The molecule has 0 N–H and O–H groups in total. The summed E-state index contributed by atoms with van der Waals surface area (Å²) in [4.78, 5) is 13.2. The van der Waals surface area contributed by atoms with Crippen LogP contribution in [0.1, 0.15) is 0 Å². The van der Waals surface area contributed by atoms with E-state index in [1.54, 1.807) is 0 Å². The Labute approximate surface area is 142 Å². The highest BCUT2D eigenvalue weighted by atomic mass is 32.1. The van der Waals surface area contributed by atoms with Gasteiger partial charge in [-0.05, 0) is 33.7 Å². The molecule has 5 rings (SSSR count). The van der Waals surface area contributed by atoms with E-state index in [4.69, 9.17) is 4.42 Å². The lowest BCUT2D eigenvalue weighted by Gasteiger charge is -2.11. The Kier molecular flexibility index (Phi) is 2.76. The van der Waals surface area contributed by atoms with E-state index >= 15 is 0 Å². The van der Waals surface area contributed by atoms with Crippen molar-refractivity contribution >= 4 is 55.9 Å². The fourth-order valence-corrected chi connectivity index (χ4v) is 3.82. The molecule has 0 spiro atoms. The van der Waals surface area contributed by atoms with Gasteiger partial charge >= 0.3 is 5.63 Å². The Morgan fingerprint density at radius 1 is 0.708 bits per heavy atom. The van der Waals surface area contributed by atoms with Gasteiger partial charge in [0.25, 0.3) is 0 Å². The van der Waals surface area contributed by atoms with Crippen LogP contribution in [0.4, 0.5) is 0 Å². The third-order valence-electron chi connectivity index (χ3n) is 4.58. The van der Waals surface area contributed by atoms with E-state index in [1.807, 2.05) is 42.5 Å². The van der Waals surface area contributed by atoms with Gasteiger partial charge in [-0.2, -0.15) is 0 Å². The molecule has 5 aromatic rings. The third-order valence-corrected chi connectivity index (χ3v) is 4.91. The maximum absolute atomic E-state index is 12.5. The van der Waals surface area contributed by atoms with Crippen LogP contribution >= 0.6 is 12.6 Å². The molecule has 0 amide bonds. The molecule has 4 aromatic carbocycles. The van der Waals surface area contributed by atoms with Crippen molar-refractivity contribution in [3.63, 3.8) is 0 Å². The van der Waals surface area contributed by atoms with Crippen molar-refractivity contribution in [1.29, 1.82) is 0 Å². The summed E-state index contributed by atoms with van der Waals surface area (Å²) in [6, 6.07) is 22.0. The molecule has 2 nitrogen and oxygen atoms in total. The Bertz CT molecular complexity index is 1330. The van der Waals surface area contributed by atoms with Crippen molar-refractivity contribution in [3.05, 3.63) is 77.2 Å². The monoisotopic (exact) mass is 328 g/mol. The SMILES string of the molecule is O=c1oc2c(S)cc3ccccc3c2c2c1ccc1ccccc12. The highest BCUT2D eigenvalue weighted by molar-refractivity contribution is 7.80. The van der Waals surface area contributed by atoms with E-state index in [0.29, 0.717) is 15.9 Å². The quantitative estimate of drug-likeness (QED) is 0.230. The standard InChI is InChI=1S/C21H12O2S/c22-21-16-10-9-12-5-1-3-7-14(12)18(16)19-15-8-4-2-6-13(15)11-17(24)20(19)23-21/h1-11,24H. The number of hydrogen-bond acceptors (Lipinski definition) is 3. The van der Waals surface area contributed by atoms with Crippen LogP contribution in [0.15, 0.2) is 80.8 Å². The van der Waals surface area contributed by atoms with Gasteiger partial charge in [-0.25, -0.2) is 4.79 Å². The van der Waals surface area contributed by atoms with E-state index in [2.05, 4.69) is 36.9 Å². The molecule has 1 aromatic heterocycles. The minimum atomic E-state index is -0.325. The molecule has 114 valence electrons. The fraction of sp³-hybridized carbons (Fsp3) is 0. The summed E-state index contributed by atoms with van der Waals surface area (Å²) in [5.41, 5.74) is 0.222. The smallest absolute Gasteiger partial charge is 0.344 e. The molecule has 0 radical (unpaired) electrons. The minimum Gasteiger partial charge on any atom is -0.421 e. The van der Waals surface area contributed by atoms with Gasteiger partial charge in [-0.15, -0.1) is 12.6 Å². The third kappa shape index (κ3) is 1.76. The molecular formula is C21H12O2S. The topological polar surface area (TPSA) is 30.2 Å². The first-order valence-corrected chi connectivity index (χ1v) is 8.18. The first-order valence-electron chi connectivity index (χ1n) is 7.73. The Morgan fingerprint density at radius 2 is 1.38 bits per heavy atom. The Morgan fingerprint density at radius 3 is 2.17 bits per heavy atom. The van der Waals surface area contributed by atoms with E-state index in [0.717, 1.165) is 32.3 Å². The summed E-state index contributed by atoms with van der Waals surface area (Å²) >= 11 is 4.56. The van der Waals surface area contributed by atoms with Crippen molar-refractivity contribution in [3.8, 4) is 0 Å². The van der Waals surface area contributed by atoms with E-state index in [1.165, 1.54) is 0 Å². The molecule has 0 aliphatic carbocycles. The summed E-state index contributed by atoms with van der Waals surface area (Å²) in [6.07, 6.45) is 0. The average Bonchev–Trinajstić information content (AvgIpc) is 2.62. The molecule has 0 aliphatic rings. The summed E-state index contributed by atoms with van der Waals surface area (Å²) in [5, 5.41) is 6.79. The van der Waals surface area contributed by atoms with Crippen LogP contribution < -0.4 is 5.63 Å². The van der Waals surface area contributed by atoms with Crippen LogP contribution in [0.2, 0.25) is 0 Å². The second kappa shape index (κ2) is 4.86. The highest BCUT2D eigenvalue weighted by Crippen LogP contribution is 2.37. The minimum absolute atomic E-state index is 0.325. The second-order valence-electron chi connectivity index (χ2n) is 5.92. The molecule has 0 saturated carbocycles. The first-order chi connectivity index (χ1) is 11.7. The number of fused-ring (bicyclic) bond motifs is 7. The number of thiol groups is 1. The fourth-order valence-electron chi connectivity index (χ4n) is 3.52. The van der Waals surface area contributed by atoms with Crippen molar-refractivity contribution in [2.24, 2.45) is 0 Å². The number of rotatable bonds is 0. The summed E-state index contributed by atoms with van der Waals surface area (Å²) < 4.78 is 5.63. The normalized spacial score (nSPS) is 11.7. The Balaban J connectivity index is 2.26. The van der Waals surface area contributed by atoms with Crippen LogP contribution in [-0.4, -0.2) is 0 Å². The zero-order valence-electron chi connectivity index (χ0n) is 12.6. The summed E-state index contributed by atoms with van der Waals surface area (Å²) in [6.45, 7) is 0. The Hall–Kier alpha value is -2.78.